The van der Waals surface area contributed by atoms with E-state index in [9.17, 15) is 4.79 Å². The van der Waals surface area contributed by atoms with Crippen molar-refractivity contribution in [3.05, 3.63) is 12.3 Å². The molecule has 0 aliphatic carbocycles. The maximum atomic E-state index is 10.2. The fourth-order valence-electron chi connectivity index (χ4n) is 1.02. The highest BCUT2D eigenvalue weighted by Crippen LogP contribution is 2.08. The monoisotopic (exact) mass is 125 g/mol. The van der Waals surface area contributed by atoms with Gasteiger partial charge in [0.15, 0.2) is 0 Å². The fraction of sp³-hybridized carbons (Fsp3) is 0.571. The zero-order valence-corrected chi connectivity index (χ0v) is 5.58. The molecule has 0 radical (unpaired) electrons. The van der Waals surface area contributed by atoms with Crippen LogP contribution >= 0.6 is 0 Å². The third-order valence-electron chi connectivity index (χ3n) is 1.51. The minimum Gasteiger partial charge on any atom is -0.380 e. The summed E-state index contributed by atoms with van der Waals surface area (Å²) in [6.45, 7) is 0.875. The zero-order valence-electron chi connectivity index (χ0n) is 5.58. The molecule has 0 saturated carbocycles. The molecular weight excluding hydrogens is 114 g/mol. The minimum atomic E-state index is 0.222. The van der Waals surface area contributed by atoms with Crippen LogP contribution in [0.25, 0.3) is 0 Å². The smallest absolute Gasteiger partial charge is 0.125 e. The molecule has 2 heteroatoms. The second-order valence-corrected chi connectivity index (χ2v) is 2.46. The topological polar surface area (TPSA) is 20.3 Å². The Balaban J connectivity index is 2.46. The zero-order chi connectivity index (χ0) is 6.69. The highest BCUT2D eigenvalue weighted by molar-refractivity contribution is 5.54. The number of aldehydes is 1. The van der Waals surface area contributed by atoms with Gasteiger partial charge in [0, 0.05) is 19.5 Å². The Hall–Kier alpha value is -0.790. The molecule has 0 spiro atoms. The van der Waals surface area contributed by atoms with Gasteiger partial charge in [0.2, 0.25) is 0 Å². The van der Waals surface area contributed by atoms with Crippen molar-refractivity contribution < 1.29 is 4.79 Å². The number of rotatable bonds is 1. The molecule has 0 aromatic heterocycles. The average molecular weight is 125 g/mol. The van der Waals surface area contributed by atoms with E-state index in [1.807, 2.05) is 24.2 Å². The number of carbonyl (C=O) groups excluding carboxylic acids is 1. The van der Waals surface area contributed by atoms with E-state index in [-0.39, 0.29) is 5.92 Å². The number of hydrogen-bond donors (Lipinski definition) is 0. The lowest BCUT2D eigenvalue weighted by Gasteiger charge is -2.21. The van der Waals surface area contributed by atoms with Crippen LogP contribution in [0, 0.1) is 5.92 Å². The van der Waals surface area contributed by atoms with Gasteiger partial charge in [0.25, 0.3) is 0 Å². The Morgan fingerprint density at radius 2 is 2.56 bits per heavy atom. The van der Waals surface area contributed by atoms with Crippen LogP contribution in [0.1, 0.15) is 6.42 Å². The Morgan fingerprint density at radius 3 is 3.00 bits per heavy atom. The first-order valence-corrected chi connectivity index (χ1v) is 3.15. The van der Waals surface area contributed by atoms with E-state index in [1.165, 1.54) is 0 Å². The van der Waals surface area contributed by atoms with Crippen LogP contribution in [0.4, 0.5) is 0 Å². The van der Waals surface area contributed by atoms with E-state index in [0.29, 0.717) is 0 Å². The molecule has 0 aromatic rings. The Morgan fingerprint density at radius 1 is 1.78 bits per heavy atom. The molecule has 0 unspecified atom stereocenters. The number of allylic oxidation sites excluding steroid dienone is 1. The average Bonchev–Trinajstić information content (AvgIpc) is 1.88. The van der Waals surface area contributed by atoms with E-state index >= 15 is 0 Å². The van der Waals surface area contributed by atoms with Gasteiger partial charge in [-0.15, -0.1) is 0 Å². The third-order valence-corrected chi connectivity index (χ3v) is 1.51. The first kappa shape index (κ1) is 6.33. The van der Waals surface area contributed by atoms with E-state index in [0.717, 1.165) is 19.3 Å². The van der Waals surface area contributed by atoms with Crippen molar-refractivity contribution in [3.8, 4) is 0 Å². The molecule has 0 bridgehead atoms. The number of carbonyl (C=O) groups is 1. The molecule has 1 rings (SSSR count). The minimum absolute atomic E-state index is 0.222. The van der Waals surface area contributed by atoms with Gasteiger partial charge in [-0.25, -0.2) is 0 Å². The second kappa shape index (κ2) is 2.67. The normalized spacial score (nSPS) is 26.3. The summed E-state index contributed by atoms with van der Waals surface area (Å²) < 4.78 is 0. The highest BCUT2D eigenvalue weighted by Gasteiger charge is 2.09. The second-order valence-electron chi connectivity index (χ2n) is 2.46. The van der Waals surface area contributed by atoms with Gasteiger partial charge in [-0.3, -0.25) is 0 Å². The number of hydrogen-bond acceptors (Lipinski definition) is 2. The third kappa shape index (κ3) is 1.56. The van der Waals surface area contributed by atoms with Gasteiger partial charge < -0.3 is 9.69 Å². The van der Waals surface area contributed by atoms with Crippen molar-refractivity contribution in [3.63, 3.8) is 0 Å². The van der Waals surface area contributed by atoms with E-state index < -0.39 is 0 Å². The van der Waals surface area contributed by atoms with Gasteiger partial charge in [-0.05, 0) is 12.6 Å². The molecule has 9 heavy (non-hydrogen) atoms. The summed E-state index contributed by atoms with van der Waals surface area (Å²) in [4.78, 5) is 12.3. The highest BCUT2D eigenvalue weighted by atomic mass is 16.1. The Labute approximate surface area is 55.2 Å². The molecular formula is C7H11NO. The fourth-order valence-corrected chi connectivity index (χ4v) is 1.02. The summed E-state index contributed by atoms with van der Waals surface area (Å²) in [5.41, 5.74) is 0. The molecule has 1 heterocycles. The van der Waals surface area contributed by atoms with E-state index in [1.54, 1.807) is 0 Å². The number of nitrogens with zero attached hydrogens (tertiary/aromatic N) is 1. The van der Waals surface area contributed by atoms with E-state index in [4.69, 9.17) is 0 Å². The van der Waals surface area contributed by atoms with Crippen LogP contribution in [-0.4, -0.2) is 24.8 Å². The summed E-state index contributed by atoms with van der Waals surface area (Å²) in [7, 11) is 1.98. The van der Waals surface area contributed by atoms with Crippen molar-refractivity contribution in [2.75, 3.05) is 13.6 Å². The van der Waals surface area contributed by atoms with Crippen LogP contribution in [0.5, 0.6) is 0 Å². The molecule has 1 aliphatic rings. The van der Waals surface area contributed by atoms with Crippen molar-refractivity contribution in [1.82, 2.24) is 4.90 Å². The van der Waals surface area contributed by atoms with Crippen molar-refractivity contribution >= 4 is 6.29 Å². The SMILES string of the molecule is CN1C=CC[C@H](C=O)C1. The van der Waals surface area contributed by atoms with Crippen LogP contribution in [-0.2, 0) is 4.79 Å². The lowest BCUT2D eigenvalue weighted by Crippen LogP contribution is -2.24. The van der Waals surface area contributed by atoms with Crippen molar-refractivity contribution in [2.45, 2.75) is 6.42 Å². The van der Waals surface area contributed by atoms with Crippen molar-refractivity contribution in [1.29, 1.82) is 0 Å². The molecule has 0 amide bonds. The first-order valence-electron chi connectivity index (χ1n) is 3.15. The molecule has 1 aliphatic heterocycles. The van der Waals surface area contributed by atoms with Crippen LogP contribution in [0.2, 0.25) is 0 Å². The molecule has 1 atom stereocenters. The predicted molar refractivity (Wildman–Crippen MR) is 35.9 cm³/mol. The largest absolute Gasteiger partial charge is 0.380 e. The summed E-state index contributed by atoms with van der Waals surface area (Å²) in [6, 6.07) is 0. The van der Waals surface area contributed by atoms with Gasteiger partial charge in [-0.2, -0.15) is 0 Å². The molecule has 0 N–H and O–H groups in total. The Kier molecular flexibility index (Phi) is 1.88. The van der Waals surface area contributed by atoms with Gasteiger partial charge >= 0.3 is 0 Å². The lowest BCUT2D eigenvalue weighted by atomic mass is 10.1. The van der Waals surface area contributed by atoms with E-state index in [2.05, 4.69) is 0 Å². The quantitative estimate of drug-likeness (QED) is 0.479. The molecule has 0 aromatic carbocycles. The summed E-state index contributed by atoms with van der Waals surface area (Å²) in [5, 5.41) is 0. The maximum Gasteiger partial charge on any atom is 0.125 e. The summed E-state index contributed by atoms with van der Waals surface area (Å²) in [6.07, 6.45) is 5.98. The molecule has 0 saturated heterocycles. The Bertz CT molecular complexity index is 131. The molecule has 2 nitrogen and oxygen atoms in total. The first-order chi connectivity index (χ1) is 4.33. The van der Waals surface area contributed by atoms with Gasteiger partial charge in [0.1, 0.15) is 6.29 Å². The van der Waals surface area contributed by atoms with Crippen LogP contribution in [0.15, 0.2) is 12.3 Å². The molecule has 0 fully saturated rings. The van der Waals surface area contributed by atoms with Gasteiger partial charge in [0.05, 0.1) is 0 Å². The van der Waals surface area contributed by atoms with Crippen LogP contribution < -0.4 is 0 Å². The van der Waals surface area contributed by atoms with Gasteiger partial charge in [-0.1, -0.05) is 6.08 Å². The van der Waals surface area contributed by atoms with Crippen LogP contribution in [0.3, 0.4) is 0 Å². The lowest BCUT2D eigenvalue weighted by molar-refractivity contribution is -0.111. The predicted octanol–water partition coefficient (Wildman–Crippen LogP) is 0.651. The standard InChI is InChI=1S/C7H11NO/c1-8-4-2-3-7(5-8)6-9/h2,4,6-7H,3,5H2,1H3/t7-/m0/s1. The van der Waals surface area contributed by atoms with Crippen molar-refractivity contribution in [2.24, 2.45) is 5.92 Å². The summed E-state index contributed by atoms with van der Waals surface area (Å²) >= 11 is 0. The summed E-state index contributed by atoms with van der Waals surface area (Å²) in [5.74, 6) is 0.222. The maximum absolute atomic E-state index is 10.2. The molecule has 50 valence electrons.